The lowest BCUT2D eigenvalue weighted by molar-refractivity contribution is -0.142. The Morgan fingerprint density at radius 2 is 0.783 bits per heavy atom. The van der Waals surface area contributed by atoms with Crippen molar-refractivity contribution in [1.29, 1.82) is 0 Å². The van der Waals surface area contributed by atoms with Crippen molar-refractivity contribution < 1.29 is 57.5 Å². The summed E-state index contributed by atoms with van der Waals surface area (Å²) in [5.74, 6) is 0.169. The molecule has 2 aliphatic carbocycles. The molecule has 138 heavy (non-hydrogen) atoms. The summed E-state index contributed by atoms with van der Waals surface area (Å²) in [6, 6.07) is 35.5. The Morgan fingerprint density at radius 3 is 1.20 bits per heavy atom. The van der Waals surface area contributed by atoms with Gasteiger partial charge in [0.1, 0.15) is 70.7 Å². The number of aromatic nitrogens is 6. The van der Waals surface area contributed by atoms with Gasteiger partial charge in [-0.1, -0.05) is 158 Å². The molecule has 16 N–H and O–H groups in total. The number of likely N-dealkylation sites (N-methyl/N-ethyl adjacent to an activating group) is 4. The third kappa shape index (κ3) is 25.9. The van der Waals surface area contributed by atoms with E-state index in [0.29, 0.717) is 88.7 Å². The highest BCUT2D eigenvalue weighted by Gasteiger charge is 2.50. The van der Waals surface area contributed by atoms with Gasteiger partial charge in [0.15, 0.2) is 16.1 Å². The van der Waals surface area contributed by atoms with Crippen molar-refractivity contribution in [3.8, 4) is 33.1 Å². The number of nitrogens with two attached hydrogens (primary N) is 2. The zero-order chi connectivity index (χ0) is 98.4. The van der Waals surface area contributed by atoms with Crippen LogP contribution in [0.5, 0.6) is 0 Å². The first-order valence-electron chi connectivity index (χ1n) is 48.1. The highest BCUT2D eigenvalue weighted by Crippen LogP contribution is 2.42. The molecule has 0 bridgehead atoms. The maximum atomic E-state index is 13.8. The van der Waals surface area contributed by atoms with Gasteiger partial charge in [0.2, 0.25) is 70.9 Å². The number of nitrogen functional groups attached to an aromatic ring is 2. The topological polar surface area (TPSA) is 476 Å². The van der Waals surface area contributed by atoms with Crippen LogP contribution in [-0.2, 0) is 57.5 Å². The van der Waals surface area contributed by atoms with Crippen molar-refractivity contribution >= 4 is 150 Å². The first-order valence-corrected chi connectivity index (χ1v) is 51.8. The van der Waals surface area contributed by atoms with Crippen LogP contribution in [0.2, 0.25) is 0 Å². The fourth-order valence-corrected chi connectivity index (χ4v) is 23.2. The largest absolute Gasteiger partial charge is 0.375 e. The van der Waals surface area contributed by atoms with E-state index in [9.17, 15) is 57.5 Å². The number of carbonyl (C=O) groups is 12. The van der Waals surface area contributed by atoms with Crippen LogP contribution in [0.25, 0.3) is 33.1 Å². The van der Waals surface area contributed by atoms with Gasteiger partial charge in [-0.05, 0) is 201 Å². The number of hydrogen-bond donors (Lipinski definition) is 14. The molecule has 0 spiro atoms. The van der Waals surface area contributed by atoms with Crippen LogP contribution in [0.1, 0.15) is 167 Å². The summed E-state index contributed by atoms with van der Waals surface area (Å²) in [5.41, 5.74) is 17.6. The van der Waals surface area contributed by atoms with Crippen LogP contribution < -0.4 is 75.3 Å². The van der Waals surface area contributed by atoms with Crippen molar-refractivity contribution in [2.45, 2.75) is 253 Å². The number of nitrogens with zero attached hydrogens (tertiary/aromatic N) is 10. The molecule has 2 unspecified atom stereocenters. The van der Waals surface area contributed by atoms with E-state index in [4.69, 9.17) is 11.5 Å². The number of benzene rings is 4. The number of nitrogens with one attached hydrogen (secondary N) is 12. The fraction of sp³-hybridized carbons (Fsp3) is 0.510. The average Bonchev–Trinajstić information content (AvgIpc) is 1.64. The number of carbonyl (C=O) groups excluding carboxylic acids is 12. The number of aryl methyl sites for hydroxylation is 2. The molecule has 36 nitrogen and oxygen atoms in total. The predicted molar refractivity (Wildman–Crippen MR) is 541 cm³/mol. The maximum absolute atomic E-state index is 13.8. The molecule has 40 heteroatoms. The molecule has 10 heterocycles. The van der Waals surface area contributed by atoms with Gasteiger partial charge < -0.3 is 94.9 Å². The molecule has 6 saturated heterocycles. The molecule has 2 saturated carbocycles. The fourth-order valence-electron chi connectivity index (χ4n) is 18.7. The zero-order valence-corrected chi connectivity index (χ0v) is 83.3. The second kappa shape index (κ2) is 49.3. The summed E-state index contributed by atoms with van der Waals surface area (Å²) in [6.45, 7) is 11.8. The molecule has 0 radical (unpaired) electrons. The first kappa shape index (κ1) is 104. The molecule has 8 aromatic rings. The number of anilines is 6. The Bertz CT molecular complexity index is 5190. The molecule has 8 fully saturated rings. The highest BCUT2D eigenvalue weighted by atomic mass is 32.2. The smallest absolute Gasteiger partial charge is 0.249 e. The number of rotatable bonds is 28. The molecular weight excluding hydrogens is 1830 g/mol. The molecule has 4 aromatic heterocycles. The van der Waals surface area contributed by atoms with Crippen LogP contribution in [0.4, 0.5) is 32.7 Å². The Balaban J connectivity index is 0.000000155. The third-order valence-electron chi connectivity index (χ3n) is 26.8. The quantitative estimate of drug-likeness (QED) is 0.0217. The molecule has 6 aliphatic heterocycles. The van der Waals surface area contributed by atoms with Gasteiger partial charge in [-0.25, -0.2) is 19.3 Å². The van der Waals surface area contributed by atoms with Crippen LogP contribution in [0.15, 0.2) is 133 Å². The second-order valence-corrected chi connectivity index (χ2v) is 40.7. The highest BCUT2D eigenvalue weighted by molar-refractivity contribution is 8.00. The molecule has 14 atom stereocenters. The van der Waals surface area contributed by atoms with E-state index in [1.807, 2.05) is 147 Å². The van der Waals surface area contributed by atoms with E-state index in [2.05, 4.69) is 84.0 Å². The van der Waals surface area contributed by atoms with E-state index in [0.717, 1.165) is 141 Å². The van der Waals surface area contributed by atoms with Gasteiger partial charge in [-0.15, -0.1) is 23.5 Å². The first-order chi connectivity index (χ1) is 66.5. The van der Waals surface area contributed by atoms with Crippen LogP contribution in [0, 0.1) is 25.7 Å². The van der Waals surface area contributed by atoms with Gasteiger partial charge in [-0.2, -0.15) is 10.2 Å². The van der Waals surface area contributed by atoms with E-state index in [-0.39, 0.29) is 93.5 Å². The Labute approximate surface area is 822 Å². The minimum atomic E-state index is -0.628. The molecule has 8 aliphatic rings. The summed E-state index contributed by atoms with van der Waals surface area (Å²) in [4.78, 5) is 174. The average molecular weight is 1970 g/mol. The van der Waals surface area contributed by atoms with Gasteiger partial charge in [0, 0.05) is 42.3 Å². The minimum absolute atomic E-state index is 0.0577. The van der Waals surface area contributed by atoms with Gasteiger partial charge in [-0.3, -0.25) is 57.5 Å². The van der Waals surface area contributed by atoms with E-state index in [1.165, 1.54) is 22.7 Å². The van der Waals surface area contributed by atoms with Gasteiger partial charge in [0.25, 0.3) is 0 Å². The van der Waals surface area contributed by atoms with Crippen molar-refractivity contribution in [1.82, 2.24) is 91.7 Å². The molecule has 12 amide bonds. The molecule has 740 valence electrons. The lowest BCUT2D eigenvalue weighted by Crippen LogP contribution is -2.57. The van der Waals surface area contributed by atoms with Gasteiger partial charge in [0.05, 0.1) is 62.6 Å². The second-order valence-electron chi connectivity index (χ2n) is 36.3. The lowest BCUT2D eigenvalue weighted by Gasteiger charge is -2.35. The zero-order valence-electron chi connectivity index (χ0n) is 80.1. The summed E-state index contributed by atoms with van der Waals surface area (Å²) in [6.07, 6.45) is 17.0. The van der Waals surface area contributed by atoms with Crippen molar-refractivity contribution in [2.75, 3.05) is 85.5 Å². The number of hydrogen-bond acceptors (Lipinski definition) is 26. The summed E-state index contributed by atoms with van der Waals surface area (Å²) < 4.78 is 3.39. The Morgan fingerprint density at radius 1 is 0.406 bits per heavy atom. The Hall–Kier alpha value is -11.7. The Kier molecular flexibility index (Phi) is 37.0. The third-order valence-corrected chi connectivity index (χ3v) is 31.2. The normalized spacial score (nSPS) is 21.7. The van der Waals surface area contributed by atoms with E-state index in [1.54, 1.807) is 108 Å². The summed E-state index contributed by atoms with van der Waals surface area (Å²) >= 11 is 5.78. The molecular formula is C98H132N24O12S4. The molecule has 16 rings (SSSR count). The molecule has 4 aromatic carbocycles. The van der Waals surface area contributed by atoms with E-state index < -0.39 is 72.5 Å². The maximum Gasteiger partial charge on any atom is 0.249 e. The van der Waals surface area contributed by atoms with Crippen LogP contribution >= 0.6 is 46.2 Å². The lowest BCUT2D eigenvalue weighted by atomic mass is 9.83. The van der Waals surface area contributed by atoms with Crippen molar-refractivity contribution in [3.05, 3.63) is 145 Å². The summed E-state index contributed by atoms with van der Waals surface area (Å²) in [5, 5.41) is 45.5. The van der Waals surface area contributed by atoms with Crippen molar-refractivity contribution in [2.24, 2.45) is 11.8 Å². The SMILES string of the molecule is CN[C@@H](C)C(=O)NC1CCC[C@@H]2SC[C@@H](C(=O)Nc3cc(C)nn3-c3ccccc3)N2C1=O.CN[C@@H](C)C(=O)NC1CCC[C@H]2SC[C@@H](C(=O)Nc3cc(C)nn3-c3ccccc3)N2C1=O.CN[C@@H](C)C(=O)N[C@H](C(=O)N1CCC[C@H]1C(=O)Nc1nc(N)sc1-c1ccccc1)C1CCCCC1.CN[C@@H](C)C(=O)N[C@H](C(=O)N1CCC[C@H]1C(=O)Nc1sc(N)nc1-c1ccccc1)C1CCCCC1. The van der Waals surface area contributed by atoms with Crippen molar-refractivity contribution in [3.63, 3.8) is 0 Å². The van der Waals surface area contributed by atoms with Gasteiger partial charge >= 0.3 is 0 Å². The monoisotopic (exact) mass is 1960 g/mol. The number of thioether (sulfide) groups is 2. The number of thiazole rings is 2. The van der Waals surface area contributed by atoms with E-state index >= 15 is 0 Å². The van der Waals surface area contributed by atoms with Crippen LogP contribution in [-0.4, -0.2) is 256 Å². The van der Waals surface area contributed by atoms with Crippen LogP contribution in [0.3, 0.4) is 0 Å². The number of para-hydroxylation sites is 2. The number of likely N-dealkylation sites (tertiary alicyclic amines) is 2. The standard InChI is InChI=1S/2C26H36N6O3S.2C23H30N6O3S/c1-16(28-2)23(33)29-20(17-10-5-3-6-11-17)25(35)32-15-9-14-19(32)24(34)30-22-21(36-26(27)31-22)18-12-7-4-8-13-18;1-16(28-2)22(33)29-21(18-12-7-4-8-13-18)25(35)32-15-9-14-19(32)23(34)31-24-20(30-26(27)36-24)17-10-5-3-6-11-17;2*1-14-12-19(29(27-14)16-8-5-4-6-9-16)26-22(31)18-13-33-20-11-7-10-17(23(32)28(18)20)25-21(30)15(2)24-3/h4,7-8,12-13,16-17,19-20,28H,3,5-6,9-11,14-15H2,1-2H3,(H2,27,31)(H,29,33)(H,30,34);3,5-6,10-11,16,18-19,21,28H,4,7-9,12-15H2,1-2H3,(H2,27,30)(H,29,33)(H,31,34);2*4-6,8-9,12,15,17-18,20,24H,7,10-11,13H2,1-3H3,(H,25,30)(H,26,31)/t16-,19-,20-;16-,19-,21-;15-,17?,18-,20+;15-,17?,18-,20-/m0000/s1. The minimum Gasteiger partial charge on any atom is -0.375 e. The number of amides is 12. The summed E-state index contributed by atoms with van der Waals surface area (Å²) in [7, 11) is 6.85. The predicted octanol–water partition coefficient (Wildman–Crippen LogP) is 9.32. The number of fused-ring (bicyclic) bond motifs is 2.